The Hall–Kier alpha value is -3.00. The number of rotatable bonds is 14. The van der Waals surface area contributed by atoms with Crippen molar-refractivity contribution in [2.45, 2.75) is 40.0 Å². The average molecular weight is 461 g/mol. The maximum absolute atomic E-state index is 12.7. The van der Waals surface area contributed by atoms with Gasteiger partial charge in [0.05, 0.1) is 6.61 Å². The minimum atomic E-state index is -0.944. The van der Waals surface area contributed by atoms with Crippen LogP contribution in [0.25, 0.3) is 6.08 Å². The van der Waals surface area contributed by atoms with E-state index >= 15 is 0 Å². The smallest absolute Gasteiger partial charge is 0.355 e. The van der Waals surface area contributed by atoms with E-state index in [1.807, 2.05) is 12.2 Å². The number of ether oxygens (including phenoxy) is 1. The Labute approximate surface area is 193 Å². The highest BCUT2D eigenvalue weighted by Gasteiger charge is 2.20. The highest BCUT2D eigenvalue weighted by atomic mass is 32.2. The zero-order valence-electron chi connectivity index (χ0n) is 18.9. The maximum Gasteiger partial charge on any atom is 0.355 e. The third kappa shape index (κ3) is 9.01. The lowest BCUT2D eigenvalue weighted by molar-refractivity contribution is -0.137. The van der Waals surface area contributed by atoms with E-state index in [-0.39, 0.29) is 31.0 Å². The molecule has 0 saturated heterocycles. The third-order valence-electron chi connectivity index (χ3n) is 4.40. The Kier molecular flexibility index (Phi) is 12.6. The number of aromatic nitrogens is 1. The van der Waals surface area contributed by atoms with Gasteiger partial charge < -0.3 is 20.1 Å². The molecule has 32 heavy (non-hydrogen) atoms. The molecule has 0 bridgehead atoms. The van der Waals surface area contributed by atoms with Crippen molar-refractivity contribution in [3.63, 3.8) is 0 Å². The van der Waals surface area contributed by atoms with Crippen LogP contribution in [0.4, 0.5) is 0 Å². The molecule has 1 aromatic heterocycles. The fraction of sp³-hybridized carbons (Fsp3) is 0.375. The van der Waals surface area contributed by atoms with Crippen LogP contribution in [0.5, 0.6) is 0 Å². The molecule has 0 aliphatic rings. The van der Waals surface area contributed by atoms with E-state index < -0.39 is 11.9 Å². The average Bonchev–Trinajstić information content (AvgIpc) is 3.07. The zero-order chi connectivity index (χ0) is 23.9. The van der Waals surface area contributed by atoms with Gasteiger partial charge in [-0.25, -0.2) is 4.79 Å². The van der Waals surface area contributed by atoms with Gasteiger partial charge in [-0.1, -0.05) is 24.3 Å². The summed E-state index contributed by atoms with van der Waals surface area (Å²) in [6, 6.07) is 0. The number of H-pyrrole nitrogens is 1. The molecule has 0 aliphatic carbocycles. The first-order valence-electron chi connectivity index (χ1n) is 10.4. The van der Waals surface area contributed by atoms with Gasteiger partial charge in [-0.2, -0.15) is 11.8 Å². The molecule has 0 unspecified atom stereocenters. The van der Waals surface area contributed by atoms with Crippen LogP contribution in [-0.2, 0) is 20.7 Å². The second-order valence-corrected chi connectivity index (χ2v) is 7.91. The fourth-order valence-corrected chi connectivity index (χ4v) is 3.55. The van der Waals surface area contributed by atoms with E-state index in [4.69, 9.17) is 9.84 Å². The highest BCUT2D eigenvalue weighted by molar-refractivity contribution is 7.99. The SMILES string of the molecule is C=CCCSCC=CC(=Cc1[nH]c(C(=O)OCC)c(C)c1CCC(=O)O)C(=O)NC=CC. The third-order valence-corrected chi connectivity index (χ3v) is 5.35. The van der Waals surface area contributed by atoms with Gasteiger partial charge in [-0.15, -0.1) is 6.58 Å². The number of hydrogen-bond acceptors (Lipinski definition) is 5. The number of aromatic amines is 1. The van der Waals surface area contributed by atoms with Gasteiger partial charge in [0.25, 0.3) is 5.91 Å². The van der Waals surface area contributed by atoms with Gasteiger partial charge in [-0.05, 0) is 62.8 Å². The fourth-order valence-electron chi connectivity index (χ4n) is 2.82. The minimum Gasteiger partial charge on any atom is -0.481 e. The Bertz CT molecular complexity index is 896. The molecule has 1 amide bonds. The van der Waals surface area contributed by atoms with Crippen molar-refractivity contribution < 1.29 is 24.2 Å². The zero-order valence-corrected chi connectivity index (χ0v) is 19.7. The largest absolute Gasteiger partial charge is 0.481 e. The van der Waals surface area contributed by atoms with Crippen LogP contribution < -0.4 is 5.32 Å². The monoisotopic (exact) mass is 460 g/mol. The summed E-state index contributed by atoms with van der Waals surface area (Å²) in [5.74, 6) is -0.109. The standard InChI is InChI=1S/C24H32N2O5S/c1-5-8-14-32-15-9-10-18(23(29)25-13-6-2)16-20-19(11-12-21(27)28)17(4)22(26-20)24(30)31-7-3/h5-6,9-10,13,16,26H,1,7-8,11-12,14-15H2,2-4H3,(H,25,29)(H,27,28). The number of thioether (sulfide) groups is 1. The van der Waals surface area contributed by atoms with E-state index in [1.165, 1.54) is 6.20 Å². The molecule has 8 heteroatoms. The van der Waals surface area contributed by atoms with Crippen molar-refractivity contribution >= 4 is 35.7 Å². The lowest BCUT2D eigenvalue weighted by Gasteiger charge is -2.04. The molecule has 174 valence electrons. The Morgan fingerprint density at radius 2 is 2.06 bits per heavy atom. The van der Waals surface area contributed by atoms with Gasteiger partial charge >= 0.3 is 11.9 Å². The maximum atomic E-state index is 12.7. The normalized spacial score (nSPS) is 11.8. The summed E-state index contributed by atoms with van der Waals surface area (Å²) in [5.41, 5.74) is 2.44. The van der Waals surface area contributed by atoms with Crippen LogP contribution in [0.2, 0.25) is 0 Å². The van der Waals surface area contributed by atoms with Crippen LogP contribution in [0.1, 0.15) is 54.0 Å². The van der Waals surface area contributed by atoms with Gasteiger partial charge in [0.2, 0.25) is 0 Å². The molecule has 7 nitrogen and oxygen atoms in total. The number of amides is 1. The number of esters is 1. The first-order valence-corrected chi connectivity index (χ1v) is 11.6. The Balaban J connectivity index is 3.34. The first kappa shape index (κ1) is 27.0. The molecule has 3 N–H and O–H groups in total. The number of carboxylic acids is 1. The Morgan fingerprint density at radius 1 is 1.31 bits per heavy atom. The van der Waals surface area contributed by atoms with E-state index in [0.717, 1.165) is 17.9 Å². The van der Waals surface area contributed by atoms with Crippen molar-refractivity contribution in [2.75, 3.05) is 18.1 Å². The molecule has 0 saturated carbocycles. The molecule has 1 rings (SSSR count). The quantitative estimate of drug-likeness (QED) is 0.125. The second-order valence-electron chi connectivity index (χ2n) is 6.76. The lowest BCUT2D eigenvalue weighted by atomic mass is 10.0. The van der Waals surface area contributed by atoms with Crippen LogP contribution >= 0.6 is 11.8 Å². The van der Waals surface area contributed by atoms with Gasteiger partial charge in [0.1, 0.15) is 5.69 Å². The van der Waals surface area contributed by atoms with Gasteiger partial charge in [0.15, 0.2) is 0 Å². The van der Waals surface area contributed by atoms with Crippen molar-refractivity contribution in [1.29, 1.82) is 0 Å². The topological polar surface area (TPSA) is 108 Å². The summed E-state index contributed by atoms with van der Waals surface area (Å²) >= 11 is 1.72. The predicted molar refractivity (Wildman–Crippen MR) is 130 cm³/mol. The summed E-state index contributed by atoms with van der Waals surface area (Å²) in [4.78, 5) is 39.2. The van der Waals surface area contributed by atoms with Gasteiger partial charge in [0, 0.05) is 23.4 Å². The number of carbonyl (C=O) groups excluding carboxylic acids is 2. The van der Waals surface area contributed by atoms with E-state index in [2.05, 4.69) is 16.9 Å². The molecule has 1 heterocycles. The summed E-state index contributed by atoms with van der Waals surface area (Å²) in [5, 5.41) is 11.8. The number of nitrogens with one attached hydrogen (secondary N) is 2. The molecule has 0 fully saturated rings. The number of carboxylic acid groups (broad SMARTS) is 1. The van der Waals surface area contributed by atoms with Crippen LogP contribution in [0.3, 0.4) is 0 Å². The number of allylic oxidation sites excluding steroid dienone is 2. The second kappa shape index (κ2) is 14.9. The molecule has 0 aliphatic heterocycles. The first-order chi connectivity index (χ1) is 15.3. The summed E-state index contributed by atoms with van der Waals surface area (Å²) in [6.07, 6.45) is 11.4. The molecule has 0 radical (unpaired) electrons. The molecule has 0 spiro atoms. The van der Waals surface area contributed by atoms with Crippen molar-refractivity contribution in [3.8, 4) is 0 Å². The van der Waals surface area contributed by atoms with Crippen LogP contribution in [-0.4, -0.2) is 46.0 Å². The molecular weight excluding hydrogens is 428 g/mol. The highest BCUT2D eigenvalue weighted by Crippen LogP contribution is 2.24. The predicted octanol–water partition coefficient (Wildman–Crippen LogP) is 4.42. The van der Waals surface area contributed by atoms with Gasteiger partial charge in [-0.3, -0.25) is 9.59 Å². The summed E-state index contributed by atoms with van der Waals surface area (Å²) in [7, 11) is 0. The van der Waals surface area contributed by atoms with E-state index in [1.54, 1.807) is 50.8 Å². The van der Waals surface area contributed by atoms with Crippen molar-refractivity contribution in [3.05, 3.63) is 65.2 Å². The van der Waals surface area contributed by atoms with E-state index in [0.29, 0.717) is 22.4 Å². The van der Waals surface area contributed by atoms with E-state index in [9.17, 15) is 14.4 Å². The molecule has 1 aromatic rings. The molecule has 0 atom stereocenters. The van der Waals surface area contributed by atoms with Crippen LogP contribution in [0.15, 0.2) is 42.7 Å². The minimum absolute atomic E-state index is 0.0995. The number of carbonyl (C=O) groups is 3. The van der Waals surface area contributed by atoms with Crippen LogP contribution in [0, 0.1) is 6.92 Å². The summed E-state index contributed by atoms with van der Waals surface area (Å²) < 4.78 is 5.10. The van der Waals surface area contributed by atoms with Crippen molar-refractivity contribution in [1.82, 2.24) is 10.3 Å². The number of aliphatic carboxylic acids is 1. The number of hydrogen-bond donors (Lipinski definition) is 3. The molecular formula is C24H32N2O5S. The van der Waals surface area contributed by atoms with Crippen molar-refractivity contribution in [2.24, 2.45) is 0 Å². The Morgan fingerprint density at radius 3 is 2.69 bits per heavy atom. The lowest BCUT2D eigenvalue weighted by Crippen LogP contribution is -2.18. The molecule has 0 aromatic carbocycles. The summed E-state index contributed by atoms with van der Waals surface area (Å²) in [6.45, 7) is 9.16.